The zero-order valence-electron chi connectivity index (χ0n) is 8.80. The average Bonchev–Trinajstić information content (AvgIpc) is 1.81. The average molecular weight is 276 g/mol. The van der Waals surface area contributed by atoms with Gasteiger partial charge in [-0.2, -0.15) is 0 Å². The Morgan fingerprint density at radius 3 is 1.13 bits per heavy atom. The summed E-state index contributed by atoms with van der Waals surface area (Å²) in [6.07, 6.45) is 0.450. The number of rotatable bonds is 6. The molecular weight excluding hydrogens is 266 g/mol. The number of hydrogen-bond donors (Lipinski definition) is 0. The second kappa shape index (κ2) is 9.81. The standard InChI is InChI=1S/C5H12O6S2.2Na/c6-12(7,8)4-2-1-3-5-13(9,10)11;;/h1-5H2,(H,6,7,8)(H,9,10,11);;/q;2*+1/p-2. The molecule has 0 amide bonds. The molecule has 0 saturated heterocycles. The van der Waals surface area contributed by atoms with Crippen molar-refractivity contribution in [1.82, 2.24) is 0 Å². The predicted molar refractivity (Wildman–Crippen MR) is 43.0 cm³/mol. The van der Waals surface area contributed by atoms with Crippen molar-refractivity contribution in [3.63, 3.8) is 0 Å². The summed E-state index contributed by atoms with van der Waals surface area (Å²) >= 11 is 0. The maximum atomic E-state index is 10.1. The van der Waals surface area contributed by atoms with Crippen molar-refractivity contribution in [3.8, 4) is 0 Å². The first kappa shape index (κ1) is 22.0. The molecule has 0 aromatic heterocycles. The molecule has 0 radical (unpaired) electrons. The van der Waals surface area contributed by atoms with Gasteiger partial charge in [0.2, 0.25) is 0 Å². The van der Waals surface area contributed by atoms with Gasteiger partial charge < -0.3 is 9.11 Å². The van der Waals surface area contributed by atoms with Gasteiger partial charge in [0.05, 0.1) is 20.2 Å². The Kier molecular flexibility index (Phi) is 14.4. The maximum absolute atomic E-state index is 10.1. The number of hydrogen-bond acceptors (Lipinski definition) is 6. The van der Waals surface area contributed by atoms with Crippen LogP contribution in [0.25, 0.3) is 0 Å². The van der Waals surface area contributed by atoms with E-state index in [1.807, 2.05) is 0 Å². The van der Waals surface area contributed by atoms with Gasteiger partial charge in [0.15, 0.2) is 0 Å². The minimum absolute atomic E-state index is 0. The van der Waals surface area contributed by atoms with Crippen LogP contribution in [0.15, 0.2) is 0 Å². The molecule has 6 nitrogen and oxygen atoms in total. The molecule has 0 aliphatic carbocycles. The fourth-order valence-corrected chi connectivity index (χ4v) is 1.85. The van der Waals surface area contributed by atoms with Crippen LogP contribution in [-0.4, -0.2) is 37.4 Å². The zero-order valence-corrected chi connectivity index (χ0v) is 14.4. The van der Waals surface area contributed by atoms with E-state index in [1.54, 1.807) is 0 Å². The molecule has 10 heteroatoms. The summed E-state index contributed by atoms with van der Waals surface area (Å²) in [6, 6.07) is 0. The van der Waals surface area contributed by atoms with E-state index in [2.05, 4.69) is 0 Å². The van der Waals surface area contributed by atoms with Gasteiger partial charge in [0, 0.05) is 11.5 Å². The molecule has 0 bridgehead atoms. The van der Waals surface area contributed by atoms with Crippen molar-refractivity contribution >= 4 is 20.2 Å². The monoisotopic (exact) mass is 276 g/mol. The SMILES string of the molecule is O=S(=O)([O-])CCCCCS(=O)(=O)[O-].[Na+].[Na+]. The van der Waals surface area contributed by atoms with E-state index in [1.165, 1.54) is 0 Å². The summed E-state index contributed by atoms with van der Waals surface area (Å²) in [5.74, 6) is -1.02. The molecule has 0 aromatic rings. The second-order valence-electron chi connectivity index (χ2n) is 2.58. The Morgan fingerprint density at radius 1 is 0.667 bits per heavy atom. The summed E-state index contributed by atoms with van der Waals surface area (Å²) in [5.41, 5.74) is 0. The molecule has 0 aliphatic heterocycles. The summed E-state index contributed by atoms with van der Waals surface area (Å²) in [7, 11) is -8.44. The van der Waals surface area contributed by atoms with Crippen molar-refractivity contribution in [1.29, 1.82) is 0 Å². The van der Waals surface area contributed by atoms with Crippen LogP contribution < -0.4 is 59.1 Å². The molecule has 15 heavy (non-hydrogen) atoms. The number of unbranched alkanes of at least 4 members (excludes halogenated alkanes) is 2. The Labute approximate surface area is 134 Å². The minimum Gasteiger partial charge on any atom is -0.748 e. The Bertz CT molecular complexity index is 301. The van der Waals surface area contributed by atoms with E-state index in [0.717, 1.165) is 0 Å². The molecule has 0 aromatic carbocycles. The van der Waals surface area contributed by atoms with Gasteiger partial charge >= 0.3 is 59.1 Å². The van der Waals surface area contributed by atoms with Crippen molar-refractivity contribution in [3.05, 3.63) is 0 Å². The molecule has 0 aliphatic rings. The first-order valence-electron chi connectivity index (χ1n) is 3.58. The van der Waals surface area contributed by atoms with Crippen LogP contribution in [0.3, 0.4) is 0 Å². The van der Waals surface area contributed by atoms with Crippen molar-refractivity contribution in [2.75, 3.05) is 11.5 Å². The first-order chi connectivity index (χ1) is 5.71. The van der Waals surface area contributed by atoms with Crippen LogP contribution in [-0.2, 0) is 20.2 Å². The summed E-state index contributed by atoms with van der Waals surface area (Å²) in [4.78, 5) is 0. The van der Waals surface area contributed by atoms with Gasteiger partial charge in [0.25, 0.3) is 0 Å². The third-order valence-corrected chi connectivity index (χ3v) is 2.87. The van der Waals surface area contributed by atoms with Crippen LogP contribution in [0.4, 0.5) is 0 Å². The smallest absolute Gasteiger partial charge is 0.748 e. The Balaban J connectivity index is -0.000000720. The van der Waals surface area contributed by atoms with Crippen LogP contribution in [0.2, 0.25) is 0 Å². The molecule has 80 valence electrons. The molecule has 0 rings (SSSR count). The van der Waals surface area contributed by atoms with Crippen LogP contribution >= 0.6 is 0 Å². The van der Waals surface area contributed by atoms with E-state index in [9.17, 15) is 25.9 Å². The van der Waals surface area contributed by atoms with Gasteiger partial charge in [-0.1, -0.05) is 6.42 Å². The predicted octanol–water partition coefficient (Wildman–Crippen LogP) is -6.74. The van der Waals surface area contributed by atoms with Gasteiger partial charge in [-0.05, 0) is 12.8 Å². The van der Waals surface area contributed by atoms with E-state index >= 15 is 0 Å². The molecular formula is C5H10Na2O6S2. The van der Waals surface area contributed by atoms with Crippen molar-refractivity contribution in [2.24, 2.45) is 0 Å². The molecule has 0 unspecified atom stereocenters. The molecule has 0 fully saturated rings. The quantitative estimate of drug-likeness (QED) is 0.270. The van der Waals surface area contributed by atoms with Crippen LogP contribution in [0.5, 0.6) is 0 Å². The third kappa shape index (κ3) is 21.6. The minimum atomic E-state index is -4.22. The van der Waals surface area contributed by atoms with Crippen LogP contribution in [0.1, 0.15) is 19.3 Å². The first-order valence-corrected chi connectivity index (χ1v) is 6.73. The molecule has 0 saturated carbocycles. The van der Waals surface area contributed by atoms with E-state index in [-0.39, 0.29) is 78.4 Å². The Hall–Kier alpha value is 1.82. The maximum Gasteiger partial charge on any atom is 1.00 e. The molecule has 0 spiro atoms. The fraction of sp³-hybridized carbons (Fsp3) is 1.00. The molecule has 0 N–H and O–H groups in total. The van der Waals surface area contributed by atoms with E-state index in [0.29, 0.717) is 0 Å². The van der Waals surface area contributed by atoms with Gasteiger partial charge in [0.1, 0.15) is 0 Å². The summed E-state index contributed by atoms with van der Waals surface area (Å²) in [5, 5.41) is 0. The largest absolute Gasteiger partial charge is 1.00 e. The van der Waals surface area contributed by atoms with Crippen molar-refractivity contribution < 1.29 is 85.1 Å². The van der Waals surface area contributed by atoms with E-state index in [4.69, 9.17) is 0 Å². The second-order valence-corrected chi connectivity index (χ2v) is 5.63. The summed E-state index contributed by atoms with van der Waals surface area (Å²) in [6.45, 7) is 0. The normalized spacial score (nSPS) is 11.3. The molecule has 0 heterocycles. The Morgan fingerprint density at radius 2 is 0.933 bits per heavy atom. The van der Waals surface area contributed by atoms with Gasteiger partial charge in [-0.25, -0.2) is 16.8 Å². The summed E-state index contributed by atoms with van der Waals surface area (Å²) < 4.78 is 60.3. The van der Waals surface area contributed by atoms with Crippen molar-refractivity contribution in [2.45, 2.75) is 19.3 Å². The third-order valence-electron chi connectivity index (χ3n) is 1.29. The van der Waals surface area contributed by atoms with Crippen LogP contribution in [0, 0.1) is 0 Å². The molecule has 0 atom stereocenters. The topological polar surface area (TPSA) is 114 Å². The zero-order chi connectivity index (χ0) is 10.5. The van der Waals surface area contributed by atoms with Gasteiger partial charge in [-0.3, -0.25) is 0 Å². The van der Waals surface area contributed by atoms with Gasteiger partial charge in [-0.15, -0.1) is 0 Å². The fourth-order valence-electron chi connectivity index (χ4n) is 0.734. The van der Waals surface area contributed by atoms with E-state index < -0.39 is 31.7 Å².